The molecule has 2 fully saturated rings. The Morgan fingerprint density at radius 3 is 2.59 bits per heavy atom. The van der Waals surface area contributed by atoms with E-state index in [2.05, 4.69) is 20.5 Å². The Kier molecular flexibility index (Phi) is 6.74. The molecule has 0 unspecified atom stereocenters. The number of pyridine rings is 1. The number of aryl methyl sites for hydroxylation is 1. The average Bonchev–Trinajstić information content (AvgIpc) is 3.41. The number of nitrogens with zero attached hydrogens (tertiary/aromatic N) is 3. The number of carboxylic acid groups (broad SMARTS) is 1. The van der Waals surface area contributed by atoms with Gasteiger partial charge in [0.15, 0.2) is 5.82 Å². The minimum Gasteiger partial charge on any atom is -0.465 e. The summed E-state index contributed by atoms with van der Waals surface area (Å²) in [6, 6.07) is 5.56. The van der Waals surface area contributed by atoms with E-state index < -0.39 is 6.09 Å². The second-order valence-corrected chi connectivity index (χ2v) is 9.06. The Bertz CT molecular complexity index is 936. The van der Waals surface area contributed by atoms with Crippen molar-refractivity contribution >= 4 is 17.8 Å². The lowest BCUT2D eigenvalue weighted by atomic mass is 9.91. The van der Waals surface area contributed by atoms with Crippen molar-refractivity contribution in [1.29, 1.82) is 0 Å². The summed E-state index contributed by atoms with van der Waals surface area (Å²) in [6.07, 6.45) is 5.90. The lowest BCUT2D eigenvalue weighted by Crippen LogP contribution is -2.47. The molecule has 4 rings (SSSR count). The fourth-order valence-corrected chi connectivity index (χ4v) is 5.02. The number of hydrogen-bond acceptors (Lipinski definition) is 5. The average molecular weight is 442 g/mol. The number of H-pyrrole nitrogens is 1. The zero-order chi connectivity index (χ0) is 22.7. The third-order valence-electron chi connectivity index (χ3n) is 6.72. The van der Waals surface area contributed by atoms with E-state index in [1.54, 1.807) is 11.1 Å². The van der Waals surface area contributed by atoms with Gasteiger partial charge in [-0.3, -0.25) is 14.9 Å². The van der Waals surface area contributed by atoms with Crippen molar-refractivity contribution in [2.24, 2.45) is 0 Å². The van der Waals surface area contributed by atoms with Gasteiger partial charge in [-0.05, 0) is 63.5 Å². The number of aromatic amines is 1. The highest BCUT2D eigenvalue weighted by Gasteiger charge is 2.38. The quantitative estimate of drug-likeness (QED) is 0.544. The van der Waals surface area contributed by atoms with Gasteiger partial charge >= 0.3 is 6.09 Å². The van der Waals surface area contributed by atoms with E-state index in [-0.39, 0.29) is 36.4 Å². The van der Waals surface area contributed by atoms with E-state index in [0.29, 0.717) is 31.5 Å². The molecule has 172 valence electrons. The lowest BCUT2D eigenvalue weighted by molar-refractivity contribution is -0.115. The van der Waals surface area contributed by atoms with Crippen molar-refractivity contribution in [2.45, 2.75) is 82.4 Å². The molecule has 2 aromatic heterocycles. The van der Waals surface area contributed by atoms with Crippen LogP contribution in [0.25, 0.3) is 0 Å². The number of aliphatic hydroxyl groups is 1. The molecule has 0 spiro atoms. The van der Waals surface area contributed by atoms with E-state index in [0.717, 1.165) is 36.2 Å². The molecule has 2 aromatic rings. The highest BCUT2D eigenvalue weighted by atomic mass is 16.4. The Balaban J connectivity index is 1.33. The first-order valence-corrected chi connectivity index (χ1v) is 11.3. The molecule has 0 bridgehead atoms. The first-order valence-electron chi connectivity index (χ1n) is 11.3. The Hall–Kier alpha value is -2.94. The highest BCUT2D eigenvalue weighted by molar-refractivity contribution is 5.91. The van der Waals surface area contributed by atoms with E-state index in [4.69, 9.17) is 0 Å². The zero-order valence-corrected chi connectivity index (χ0v) is 18.3. The smallest absolute Gasteiger partial charge is 0.407 e. The maximum Gasteiger partial charge on any atom is 0.407 e. The van der Waals surface area contributed by atoms with Crippen molar-refractivity contribution < 1.29 is 19.8 Å². The predicted molar refractivity (Wildman–Crippen MR) is 118 cm³/mol. The monoisotopic (exact) mass is 441 g/mol. The first-order chi connectivity index (χ1) is 15.4. The molecule has 32 heavy (non-hydrogen) atoms. The number of hydrogen-bond donors (Lipinski definition) is 4. The fraction of sp³-hybridized carbons (Fsp3) is 0.565. The van der Waals surface area contributed by atoms with Crippen molar-refractivity contribution in [3.63, 3.8) is 0 Å². The molecule has 4 N–H and O–H groups in total. The standard InChI is InChI=1S/C23H31N5O4/c1-14-2-3-15(13-24-14)10-22(30)25-21-12-20(26-27-21)16-4-5-18(11-16)28(23(31)32)17-6-8-19(29)9-7-17/h2-3,12-13,16-19,29H,4-11H2,1H3,(H,31,32)(H2,25,26,27,30)/t16-,17?,18+,19?/m1/s1. The van der Waals surface area contributed by atoms with Crippen LogP contribution in [0.3, 0.4) is 0 Å². The molecule has 0 aliphatic heterocycles. The number of amides is 2. The van der Waals surface area contributed by atoms with Gasteiger partial charge in [-0.1, -0.05) is 6.07 Å². The molecule has 2 aliphatic carbocycles. The number of carbonyl (C=O) groups is 2. The molecule has 2 heterocycles. The van der Waals surface area contributed by atoms with Gasteiger partial charge in [0.25, 0.3) is 0 Å². The topological polar surface area (TPSA) is 131 Å². The summed E-state index contributed by atoms with van der Waals surface area (Å²) in [4.78, 5) is 30.2. The normalized spacial score (nSPS) is 25.4. The molecule has 2 atom stereocenters. The minimum absolute atomic E-state index is 0.0208. The third-order valence-corrected chi connectivity index (χ3v) is 6.72. The van der Waals surface area contributed by atoms with Crippen LogP contribution in [0, 0.1) is 6.92 Å². The number of carbonyl (C=O) groups excluding carboxylic acids is 1. The first kappa shape index (κ1) is 22.3. The third kappa shape index (κ3) is 5.27. The SMILES string of the molecule is Cc1ccc(CC(=O)Nc2cc([C@@H]3CC[C@H](N(C(=O)O)C4CCC(O)CC4)C3)[nH]n2)cn1. The summed E-state index contributed by atoms with van der Waals surface area (Å²) < 4.78 is 0. The summed E-state index contributed by atoms with van der Waals surface area (Å²) >= 11 is 0. The highest BCUT2D eigenvalue weighted by Crippen LogP contribution is 2.39. The largest absolute Gasteiger partial charge is 0.465 e. The number of aliphatic hydroxyl groups excluding tert-OH is 1. The van der Waals surface area contributed by atoms with Crippen molar-refractivity contribution in [3.05, 3.63) is 41.3 Å². The van der Waals surface area contributed by atoms with Gasteiger partial charge in [0, 0.05) is 41.7 Å². The van der Waals surface area contributed by atoms with Crippen LogP contribution >= 0.6 is 0 Å². The van der Waals surface area contributed by atoms with Crippen LogP contribution in [0.5, 0.6) is 0 Å². The summed E-state index contributed by atoms with van der Waals surface area (Å²) in [6.45, 7) is 1.90. The summed E-state index contributed by atoms with van der Waals surface area (Å²) in [5, 5.41) is 29.7. The number of anilines is 1. The van der Waals surface area contributed by atoms with Crippen molar-refractivity contribution in [2.75, 3.05) is 5.32 Å². The van der Waals surface area contributed by atoms with Gasteiger partial charge < -0.3 is 20.4 Å². The van der Waals surface area contributed by atoms with Gasteiger partial charge in [0.2, 0.25) is 5.91 Å². The second kappa shape index (κ2) is 9.68. The molecule has 2 aliphatic rings. The van der Waals surface area contributed by atoms with E-state index in [1.165, 1.54) is 0 Å². The maximum absolute atomic E-state index is 12.3. The summed E-state index contributed by atoms with van der Waals surface area (Å²) in [5.74, 6) is 0.495. The van der Waals surface area contributed by atoms with E-state index >= 15 is 0 Å². The Morgan fingerprint density at radius 1 is 1.16 bits per heavy atom. The fourth-order valence-electron chi connectivity index (χ4n) is 5.02. The van der Waals surface area contributed by atoms with Gasteiger partial charge in [-0.15, -0.1) is 0 Å². The van der Waals surface area contributed by atoms with E-state index in [1.807, 2.05) is 25.1 Å². The van der Waals surface area contributed by atoms with Gasteiger partial charge in [-0.2, -0.15) is 5.10 Å². The molecule has 0 aromatic carbocycles. The van der Waals surface area contributed by atoms with Crippen LogP contribution in [0.2, 0.25) is 0 Å². The van der Waals surface area contributed by atoms with Crippen molar-refractivity contribution in [1.82, 2.24) is 20.1 Å². The minimum atomic E-state index is -0.875. The molecule has 9 nitrogen and oxygen atoms in total. The molecule has 9 heteroatoms. The van der Waals surface area contributed by atoms with Gasteiger partial charge in [0.05, 0.1) is 12.5 Å². The molecule has 2 amide bonds. The molecule has 2 saturated carbocycles. The Morgan fingerprint density at radius 2 is 1.91 bits per heavy atom. The molecular weight excluding hydrogens is 410 g/mol. The summed E-state index contributed by atoms with van der Waals surface area (Å²) in [7, 11) is 0. The maximum atomic E-state index is 12.3. The predicted octanol–water partition coefficient (Wildman–Crippen LogP) is 3.21. The zero-order valence-electron chi connectivity index (χ0n) is 18.3. The van der Waals surface area contributed by atoms with Gasteiger partial charge in [0.1, 0.15) is 0 Å². The van der Waals surface area contributed by atoms with Crippen LogP contribution in [-0.4, -0.2) is 60.5 Å². The van der Waals surface area contributed by atoms with Crippen LogP contribution in [-0.2, 0) is 11.2 Å². The van der Waals surface area contributed by atoms with Crippen molar-refractivity contribution in [3.8, 4) is 0 Å². The lowest BCUT2D eigenvalue weighted by Gasteiger charge is -2.37. The van der Waals surface area contributed by atoms with Crippen LogP contribution in [0.4, 0.5) is 10.6 Å². The number of rotatable bonds is 6. The van der Waals surface area contributed by atoms with Crippen LogP contribution < -0.4 is 5.32 Å². The number of aromatic nitrogens is 3. The second-order valence-electron chi connectivity index (χ2n) is 9.06. The number of nitrogens with one attached hydrogen (secondary N) is 2. The van der Waals surface area contributed by atoms with E-state index in [9.17, 15) is 19.8 Å². The van der Waals surface area contributed by atoms with Crippen LogP contribution in [0.1, 0.15) is 67.8 Å². The molecule has 0 radical (unpaired) electrons. The van der Waals surface area contributed by atoms with Crippen LogP contribution in [0.15, 0.2) is 24.4 Å². The molecule has 0 saturated heterocycles. The van der Waals surface area contributed by atoms with Gasteiger partial charge in [-0.25, -0.2) is 4.79 Å². The molecular formula is C23H31N5O4. The summed E-state index contributed by atoms with van der Waals surface area (Å²) in [5.41, 5.74) is 2.67. The Labute approximate surface area is 187 Å².